The zero-order valence-corrected chi connectivity index (χ0v) is 17.3. The summed E-state index contributed by atoms with van der Waals surface area (Å²) in [5, 5.41) is 13.5. The molecular formula is C19H26N6O3S. The lowest BCUT2D eigenvalue weighted by molar-refractivity contribution is 0.181. The average Bonchev–Trinajstić information content (AvgIpc) is 3.38. The van der Waals surface area contributed by atoms with Crippen molar-refractivity contribution in [3.05, 3.63) is 24.3 Å². The molecule has 9 nitrogen and oxygen atoms in total. The molecule has 2 aliphatic rings. The molecule has 5 rings (SSSR count). The van der Waals surface area contributed by atoms with Gasteiger partial charge >= 0.3 is 0 Å². The smallest absolute Gasteiger partial charge is 0.214 e. The van der Waals surface area contributed by atoms with Crippen LogP contribution < -0.4 is 5.01 Å². The third-order valence-corrected chi connectivity index (χ3v) is 8.04. The summed E-state index contributed by atoms with van der Waals surface area (Å²) in [4.78, 5) is 12.2. The normalized spacial score (nSPS) is 22.1. The number of aliphatic hydroxyl groups is 1. The van der Waals surface area contributed by atoms with Gasteiger partial charge in [-0.1, -0.05) is 0 Å². The van der Waals surface area contributed by atoms with Crippen LogP contribution in [0.15, 0.2) is 18.5 Å². The van der Waals surface area contributed by atoms with Crippen LogP contribution in [0.25, 0.3) is 22.1 Å². The number of pyridine rings is 1. The maximum atomic E-state index is 12.1. The fraction of sp³-hybridized carbons (Fsp3) is 0.579. The van der Waals surface area contributed by atoms with E-state index in [9.17, 15) is 13.5 Å². The van der Waals surface area contributed by atoms with Gasteiger partial charge < -0.3 is 15.1 Å². The molecule has 0 spiro atoms. The molecule has 3 aromatic heterocycles. The number of aromatic nitrogens is 4. The standard InChI is InChI=1S/C19H26N6O3S/c1-13(26)19-22-16-11-21-18-15(3-6-20-18)17(16)25(19)23-8-4-14(5-9-23)12-24-7-2-10-29(24,27)28/h3,6,11,13-14,26H,2,4-5,7-10,12H2,1H3,(H,20,21)/t13-/m1/s1. The van der Waals surface area contributed by atoms with Crippen LogP contribution in [-0.2, 0) is 10.0 Å². The zero-order valence-electron chi connectivity index (χ0n) is 16.5. The largest absolute Gasteiger partial charge is 0.385 e. The Morgan fingerprint density at radius 1 is 1.31 bits per heavy atom. The number of H-pyrrole nitrogens is 1. The maximum Gasteiger partial charge on any atom is 0.214 e. The fourth-order valence-corrected chi connectivity index (χ4v) is 6.21. The SMILES string of the molecule is C[C@@H](O)c1nc2cnc3[nH]ccc3c2n1N1CCC(CN2CCCS2(=O)=O)CC1. The fourth-order valence-electron chi connectivity index (χ4n) is 4.62. The molecule has 1 atom stereocenters. The molecule has 0 radical (unpaired) electrons. The van der Waals surface area contributed by atoms with Crippen molar-refractivity contribution in [1.82, 2.24) is 23.9 Å². The monoisotopic (exact) mass is 418 g/mol. The van der Waals surface area contributed by atoms with Crippen molar-refractivity contribution in [3.63, 3.8) is 0 Å². The second-order valence-corrected chi connectivity index (χ2v) is 10.2. The predicted octanol–water partition coefficient (Wildman–Crippen LogP) is 1.35. The molecule has 0 aliphatic carbocycles. The molecule has 5 heterocycles. The topological polar surface area (TPSA) is 107 Å². The Hall–Kier alpha value is -2.17. The Labute approximate surface area is 169 Å². The van der Waals surface area contributed by atoms with Crippen LogP contribution in [0.5, 0.6) is 0 Å². The van der Waals surface area contributed by atoms with Crippen molar-refractivity contribution in [1.29, 1.82) is 0 Å². The van der Waals surface area contributed by atoms with Gasteiger partial charge in [-0.05, 0) is 38.2 Å². The highest BCUT2D eigenvalue weighted by atomic mass is 32.2. The summed E-state index contributed by atoms with van der Waals surface area (Å²) in [6.45, 7) is 4.58. The third kappa shape index (κ3) is 3.19. The van der Waals surface area contributed by atoms with E-state index in [-0.39, 0.29) is 5.75 Å². The first-order valence-electron chi connectivity index (χ1n) is 10.2. The maximum absolute atomic E-state index is 12.1. The minimum Gasteiger partial charge on any atom is -0.385 e. The van der Waals surface area contributed by atoms with Crippen LogP contribution in [-0.4, -0.2) is 69.4 Å². The van der Waals surface area contributed by atoms with Gasteiger partial charge in [-0.2, -0.15) is 0 Å². The van der Waals surface area contributed by atoms with Crippen LogP contribution >= 0.6 is 0 Å². The van der Waals surface area contributed by atoms with Gasteiger partial charge in [0.25, 0.3) is 0 Å². The molecule has 156 valence electrons. The van der Waals surface area contributed by atoms with Gasteiger partial charge in [0.2, 0.25) is 10.0 Å². The summed E-state index contributed by atoms with van der Waals surface area (Å²) < 4.78 is 27.9. The Balaban J connectivity index is 1.43. The minimum absolute atomic E-state index is 0.283. The van der Waals surface area contributed by atoms with Crippen LogP contribution in [0, 0.1) is 5.92 Å². The van der Waals surface area contributed by atoms with Gasteiger partial charge in [-0.15, -0.1) is 0 Å². The predicted molar refractivity (Wildman–Crippen MR) is 111 cm³/mol. The van der Waals surface area contributed by atoms with Gasteiger partial charge in [-0.3, -0.25) is 0 Å². The molecule has 10 heteroatoms. The van der Waals surface area contributed by atoms with Crippen molar-refractivity contribution in [2.75, 3.05) is 36.9 Å². The van der Waals surface area contributed by atoms with Crippen LogP contribution in [0.2, 0.25) is 0 Å². The molecule has 2 aliphatic heterocycles. The minimum atomic E-state index is -3.05. The van der Waals surface area contributed by atoms with E-state index in [0.717, 1.165) is 54.4 Å². The number of fused-ring (bicyclic) bond motifs is 3. The molecule has 2 N–H and O–H groups in total. The van der Waals surface area contributed by atoms with E-state index in [1.807, 2.05) is 16.9 Å². The quantitative estimate of drug-likeness (QED) is 0.662. The molecular weight excluding hydrogens is 392 g/mol. The Morgan fingerprint density at radius 3 is 2.79 bits per heavy atom. The molecule has 0 saturated carbocycles. The summed E-state index contributed by atoms with van der Waals surface area (Å²) in [6, 6.07) is 1.99. The number of rotatable bonds is 4. The second-order valence-electron chi connectivity index (χ2n) is 8.11. The lowest BCUT2D eigenvalue weighted by Crippen LogP contribution is -2.45. The summed E-state index contributed by atoms with van der Waals surface area (Å²) in [7, 11) is -3.05. The lowest BCUT2D eigenvalue weighted by Gasteiger charge is -2.36. The van der Waals surface area contributed by atoms with Crippen molar-refractivity contribution in [2.24, 2.45) is 5.92 Å². The van der Waals surface area contributed by atoms with Gasteiger partial charge in [0.05, 0.1) is 11.9 Å². The summed E-state index contributed by atoms with van der Waals surface area (Å²) >= 11 is 0. The molecule has 2 saturated heterocycles. The molecule has 0 aromatic carbocycles. The third-order valence-electron chi connectivity index (χ3n) is 6.12. The van der Waals surface area contributed by atoms with Crippen LogP contribution in [0.1, 0.15) is 38.1 Å². The van der Waals surface area contributed by atoms with E-state index in [1.54, 1.807) is 17.4 Å². The van der Waals surface area contributed by atoms with E-state index in [4.69, 9.17) is 0 Å². The highest BCUT2D eigenvalue weighted by Crippen LogP contribution is 2.29. The number of hydrogen-bond acceptors (Lipinski definition) is 6. The van der Waals surface area contributed by atoms with Gasteiger partial charge in [0.15, 0.2) is 5.82 Å². The number of hydrogen-bond donors (Lipinski definition) is 2. The first-order valence-corrected chi connectivity index (χ1v) is 11.8. The Kier molecular flexibility index (Phi) is 4.52. The number of sulfonamides is 1. The van der Waals surface area contributed by atoms with Crippen molar-refractivity contribution in [2.45, 2.75) is 32.3 Å². The first-order chi connectivity index (χ1) is 13.9. The van der Waals surface area contributed by atoms with Crippen molar-refractivity contribution >= 4 is 32.1 Å². The van der Waals surface area contributed by atoms with Gasteiger partial charge in [0, 0.05) is 37.8 Å². The number of aromatic amines is 1. The summed E-state index contributed by atoms with van der Waals surface area (Å²) in [6.07, 6.45) is 5.45. The Morgan fingerprint density at radius 2 is 2.10 bits per heavy atom. The average molecular weight is 419 g/mol. The number of nitrogens with zero attached hydrogens (tertiary/aromatic N) is 5. The molecule has 3 aromatic rings. The second kappa shape index (κ2) is 6.96. The van der Waals surface area contributed by atoms with E-state index in [0.29, 0.717) is 24.8 Å². The van der Waals surface area contributed by atoms with Crippen molar-refractivity contribution < 1.29 is 13.5 Å². The number of piperidine rings is 1. The van der Waals surface area contributed by atoms with Crippen LogP contribution in [0.3, 0.4) is 0 Å². The van der Waals surface area contributed by atoms with E-state index in [1.165, 1.54) is 0 Å². The number of nitrogens with one attached hydrogen (secondary N) is 1. The molecule has 2 fully saturated rings. The molecule has 29 heavy (non-hydrogen) atoms. The highest BCUT2D eigenvalue weighted by molar-refractivity contribution is 7.89. The Bertz CT molecular complexity index is 1140. The number of aliphatic hydroxyl groups excluding tert-OH is 1. The summed E-state index contributed by atoms with van der Waals surface area (Å²) in [5.41, 5.74) is 2.51. The van der Waals surface area contributed by atoms with Crippen LogP contribution in [0.4, 0.5) is 0 Å². The summed E-state index contributed by atoms with van der Waals surface area (Å²) in [5.74, 6) is 1.25. The zero-order chi connectivity index (χ0) is 20.2. The molecule has 0 unspecified atom stereocenters. The van der Waals surface area contributed by atoms with Gasteiger partial charge in [-0.25, -0.2) is 27.4 Å². The van der Waals surface area contributed by atoms with Gasteiger partial charge in [0.1, 0.15) is 22.8 Å². The molecule has 0 amide bonds. The lowest BCUT2D eigenvalue weighted by atomic mass is 9.97. The molecule has 0 bridgehead atoms. The highest BCUT2D eigenvalue weighted by Gasteiger charge is 2.32. The first kappa shape index (κ1) is 18.8. The van der Waals surface area contributed by atoms with E-state index >= 15 is 0 Å². The van der Waals surface area contributed by atoms with E-state index < -0.39 is 16.1 Å². The van der Waals surface area contributed by atoms with E-state index in [2.05, 4.69) is 20.0 Å². The van der Waals surface area contributed by atoms with Crippen molar-refractivity contribution in [3.8, 4) is 0 Å². The number of imidazole rings is 1.